The molecule has 0 unspecified atom stereocenters. The van der Waals surface area contributed by atoms with Gasteiger partial charge in [0, 0.05) is 10.3 Å². The first-order valence-electron chi connectivity index (χ1n) is 8.25. The molecule has 0 atom stereocenters. The fraction of sp³-hybridized carbons (Fsp3) is 0.294. The minimum absolute atomic E-state index is 0.141. The van der Waals surface area contributed by atoms with E-state index in [1.165, 1.54) is 40.4 Å². The van der Waals surface area contributed by atoms with Gasteiger partial charge in [-0.3, -0.25) is 14.9 Å². The Morgan fingerprint density at radius 3 is 2.77 bits per heavy atom. The largest absolute Gasteiger partial charge is 0.302 e. The third-order valence-corrected chi connectivity index (χ3v) is 6.70. The number of carbonyl (C=O) groups excluding carboxylic acids is 2. The number of amides is 2. The lowest BCUT2D eigenvalue weighted by Gasteiger charge is -2.06. The zero-order valence-electron chi connectivity index (χ0n) is 13.8. The van der Waals surface area contributed by atoms with Gasteiger partial charge in [0.05, 0.1) is 22.7 Å². The highest BCUT2D eigenvalue weighted by Crippen LogP contribution is 2.29. The van der Waals surface area contributed by atoms with Crippen LogP contribution in [0.15, 0.2) is 22.9 Å². The molecule has 0 radical (unpaired) electrons. The van der Waals surface area contributed by atoms with Crippen LogP contribution < -0.4 is 10.6 Å². The topological polar surface area (TPSA) is 84.0 Å². The number of hydrogen-bond acceptors (Lipinski definition) is 7. The molecule has 0 fully saturated rings. The lowest BCUT2D eigenvalue weighted by molar-refractivity contribution is -0.115. The van der Waals surface area contributed by atoms with E-state index >= 15 is 0 Å². The summed E-state index contributed by atoms with van der Waals surface area (Å²) in [5, 5.41) is 10.4. The monoisotopic (exact) mass is 404 g/mol. The molecule has 26 heavy (non-hydrogen) atoms. The van der Waals surface area contributed by atoms with Gasteiger partial charge in [-0.1, -0.05) is 6.07 Å². The number of nitrogens with zero attached hydrogens (tertiary/aromatic N) is 2. The van der Waals surface area contributed by atoms with Gasteiger partial charge in [0.2, 0.25) is 5.91 Å². The Morgan fingerprint density at radius 2 is 1.96 bits per heavy atom. The van der Waals surface area contributed by atoms with E-state index in [1.807, 2.05) is 11.4 Å². The van der Waals surface area contributed by atoms with Gasteiger partial charge in [0.25, 0.3) is 5.91 Å². The normalized spacial score (nSPS) is 13.2. The van der Waals surface area contributed by atoms with Crippen molar-refractivity contribution in [2.75, 3.05) is 10.6 Å². The Bertz CT molecular complexity index is 906. The number of rotatable bonds is 5. The van der Waals surface area contributed by atoms with Gasteiger partial charge < -0.3 is 5.32 Å². The van der Waals surface area contributed by atoms with Crippen LogP contribution in [0.5, 0.6) is 0 Å². The van der Waals surface area contributed by atoms with Crippen LogP contribution in [0, 0.1) is 0 Å². The molecule has 0 spiro atoms. The van der Waals surface area contributed by atoms with Crippen LogP contribution in [-0.4, -0.2) is 21.8 Å². The molecule has 6 nitrogen and oxygen atoms in total. The first kappa shape index (κ1) is 17.3. The Kier molecular flexibility index (Phi) is 5.09. The van der Waals surface area contributed by atoms with Gasteiger partial charge in [-0.2, -0.15) is 0 Å². The lowest BCUT2D eigenvalue weighted by atomic mass is 10.0. The molecule has 0 aromatic carbocycles. The fourth-order valence-electron chi connectivity index (χ4n) is 2.75. The summed E-state index contributed by atoms with van der Waals surface area (Å²) in [7, 11) is 0. The number of aryl methyl sites for hydroxylation is 2. The van der Waals surface area contributed by atoms with Crippen molar-refractivity contribution in [3.8, 4) is 0 Å². The van der Waals surface area contributed by atoms with Crippen molar-refractivity contribution >= 4 is 56.1 Å². The highest BCUT2D eigenvalue weighted by Gasteiger charge is 2.17. The van der Waals surface area contributed by atoms with E-state index in [2.05, 4.69) is 20.6 Å². The average molecular weight is 405 g/mol. The molecule has 3 aromatic heterocycles. The summed E-state index contributed by atoms with van der Waals surface area (Å²) in [6.45, 7) is 0. The molecule has 3 aromatic rings. The van der Waals surface area contributed by atoms with Gasteiger partial charge in [-0.15, -0.1) is 34.0 Å². The number of thiazole rings is 2. The van der Waals surface area contributed by atoms with Crippen molar-refractivity contribution < 1.29 is 9.59 Å². The maximum atomic E-state index is 12.2. The smallest absolute Gasteiger partial charge is 0.267 e. The van der Waals surface area contributed by atoms with Crippen molar-refractivity contribution in [2.24, 2.45) is 0 Å². The Morgan fingerprint density at radius 1 is 1.08 bits per heavy atom. The molecule has 4 rings (SSSR count). The van der Waals surface area contributed by atoms with E-state index < -0.39 is 0 Å². The first-order valence-corrected chi connectivity index (χ1v) is 10.8. The Labute approximate surface area is 162 Å². The Balaban J connectivity index is 1.34. The SMILES string of the molecule is O=C(Cc1csc(NC(=O)c2cccs2)n1)Nc1nc2c(s1)CCCC2. The van der Waals surface area contributed by atoms with Crippen molar-refractivity contribution in [1.82, 2.24) is 9.97 Å². The molecule has 2 N–H and O–H groups in total. The molecule has 1 aliphatic carbocycles. The van der Waals surface area contributed by atoms with Crippen molar-refractivity contribution in [3.63, 3.8) is 0 Å². The predicted octanol–water partition coefficient (Wildman–Crippen LogP) is 3.97. The summed E-state index contributed by atoms with van der Waals surface area (Å²) in [6, 6.07) is 3.59. The molecular weight excluding hydrogens is 388 g/mol. The van der Waals surface area contributed by atoms with E-state index in [0.717, 1.165) is 18.5 Å². The van der Waals surface area contributed by atoms with E-state index in [4.69, 9.17) is 0 Å². The summed E-state index contributed by atoms with van der Waals surface area (Å²) in [5.41, 5.74) is 1.76. The van der Waals surface area contributed by atoms with Crippen LogP contribution in [-0.2, 0) is 24.1 Å². The molecule has 3 heterocycles. The van der Waals surface area contributed by atoms with Crippen molar-refractivity contribution in [1.29, 1.82) is 0 Å². The number of hydrogen-bond donors (Lipinski definition) is 2. The third-order valence-electron chi connectivity index (χ3n) is 3.95. The number of anilines is 2. The highest BCUT2D eigenvalue weighted by atomic mass is 32.1. The zero-order chi connectivity index (χ0) is 17.9. The van der Waals surface area contributed by atoms with Crippen LogP contribution in [0.2, 0.25) is 0 Å². The highest BCUT2D eigenvalue weighted by molar-refractivity contribution is 7.16. The molecule has 9 heteroatoms. The average Bonchev–Trinajstić information content (AvgIpc) is 3.34. The molecule has 2 amide bonds. The maximum absolute atomic E-state index is 12.2. The molecule has 0 aliphatic heterocycles. The molecule has 1 aliphatic rings. The minimum atomic E-state index is -0.182. The summed E-state index contributed by atoms with van der Waals surface area (Å²) < 4.78 is 0. The Hall–Kier alpha value is -2.10. The summed E-state index contributed by atoms with van der Waals surface area (Å²) >= 11 is 4.26. The van der Waals surface area contributed by atoms with E-state index in [9.17, 15) is 9.59 Å². The summed E-state index contributed by atoms with van der Waals surface area (Å²) in [4.78, 5) is 35.0. The number of fused-ring (bicyclic) bond motifs is 1. The van der Waals surface area contributed by atoms with E-state index in [1.54, 1.807) is 22.8 Å². The summed E-state index contributed by atoms with van der Waals surface area (Å²) in [6.07, 6.45) is 4.59. The molecule has 0 saturated carbocycles. The lowest BCUT2D eigenvalue weighted by Crippen LogP contribution is -2.15. The van der Waals surface area contributed by atoms with Gasteiger partial charge in [0.15, 0.2) is 10.3 Å². The van der Waals surface area contributed by atoms with E-state index in [-0.39, 0.29) is 18.2 Å². The van der Waals surface area contributed by atoms with Crippen LogP contribution in [0.4, 0.5) is 10.3 Å². The van der Waals surface area contributed by atoms with Crippen LogP contribution in [0.3, 0.4) is 0 Å². The van der Waals surface area contributed by atoms with Gasteiger partial charge in [-0.05, 0) is 37.1 Å². The summed E-state index contributed by atoms with van der Waals surface area (Å²) in [5.74, 6) is -0.323. The first-order chi connectivity index (χ1) is 12.7. The van der Waals surface area contributed by atoms with Crippen molar-refractivity contribution in [3.05, 3.63) is 44.0 Å². The zero-order valence-corrected chi connectivity index (χ0v) is 16.2. The van der Waals surface area contributed by atoms with Crippen LogP contribution >= 0.6 is 34.0 Å². The van der Waals surface area contributed by atoms with Crippen LogP contribution in [0.1, 0.15) is 38.8 Å². The number of thiophene rings is 1. The number of nitrogens with one attached hydrogen (secondary N) is 2. The second kappa shape index (κ2) is 7.65. The molecule has 0 bridgehead atoms. The minimum Gasteiger partial charge on any atom is -0.302 e. The maximum Gasteiger partial charge on any atom is 0.267 e. The second-order valence-corrected chi connectivity index (χ2v) is 8.79. The molecule has 134 valence electrons. The van der Waals surface area contributed by atoms with Crippen molar-refractivity contribution in [2.45, 2.75) is 32.1 Å². The van der Waals surface area contributed by atoms with Crippen LogP contribution in [0.25, 0.3) is 0 Å². The molecule has 0 saturated heterocycles. The fourth-order valence-corrected chi connectivity index (χ4v) is 5.14. The third kappa shape index (κ3) is 4.00. The second-order valence-electron chi connectivity index (χ2n) is 5.90. The number of aromatic nitrogens is 2. The standard InChI is InChI=1S/C17H16N4O2S3/c22-14(20-17-19-11-4-1-2-5-12(11)26-17)8-10-9-25-16(18-10)21-15(23)13-6-3-7-24-13/h3,6-7,9H,1-2,4-5,8H2,(H,18,21,23)(H,19,20,22). The van der Waals surface area contributed by atoms with Gasteiger partial charge >= 0.3 is 0 Å². The quantitative estimate of drug-likeness (QED) is 0.674. The van der Waals surface area contributed by atoms with Gasteiger partial charge in [0.1, 0.15) is 0 Å². The molecular formula is C17H16N4O2S3. The predicted molar refractivity (Wildman–Crippen MR) is 105 cm³/mol. The van der Waals surface area contributed by atoms with Gasteiger partial charge in [-0.25, -0.2) is 9.97 Å². The van der Waals surface area contributed by atoms with E-state index in [0.29, 0.717) is 20.8 Å². The number of carbonyl (C=O) groups is 2.